The lowest BCUT2D eigenvalue weighted by molar-refractivity contribution is 0.380. The summed E-state index contributed by atoms with van der Waals surface area (Å²) in [7, 11) is 0. The number of nitrogens with zero attached hydrogens (tertiary/aromatic N) is 1. The molecule has 0 saturated carbocycles. The van der Waals surface area contributed by atoms with Crippen molar-refractivity contribution in [3.8, 4) is 0 Å². The van der Waals surface area contributed by atoms with Gasteiger partial charge < -0.3 is 4.90 Å². The Balaban J connectivity index is 2.08. The first-order valence-corrected chi connectivity index (χ1v) is 8.82. The molecule has 0 atom stereocenters. The molecule has 7 heteroatoms. The van der Waals surface area contributed by atoms with Crippen LogP contribution >= 0.6 is 11.8 Å². The minimum atomic E-state index is -2.17. The van der Waals surface area contributed by atoms with Crippen LogP contribution in [0, 0.1) is 42.9 Å². The highest BCUT2D eigenvalue weighted by Crippen LogP contribution is 2.53. The van der Waals surface area contributed by atoms with Crippen molar-refractivity contribution in [3.63, 3.8) is 0 Å². The molecular weight excluding hydrogens is 381 g/mol. The summed E-state index contributed by atoms with van der Waals surface area (Å²) < 4.78 is 70.3. The number of aryl methyl sites for hydroxylation is 2. The topological polar surface area (TPSA) is 3.24 Å². The first-order valence-electron chi connectivity index (χ1n) is 8.00. The van der Waals surface area contributed by atoms with Crippen molar-refractivity contribution in [1.29, 1.82) is 0 Å². The second-order valence-electron chi connectivity index (χ2n) is 6.30. The van der Waals surface area contributed by atoms with Crippen LogP contribution in [0.3, 0.4) is 0 Å². The minimum absolute atomic E-state index is 0.352. The molecule has 1 heterocycles. The number of hydrogen-bond donors (Lipinski definition) is 0. The lowest BCUT2D eigenvalue weighted by atomic mass is 10.1. The largest absolute Gasteiger partial charge is 0.303 e. The van der Waals surface area contributed by atoms with Crippen molar-refractivity contribution in [2.45, 2.75) is 23.6 Å². The van der Waals surface area contributed by atoms with Crippen molar-refractivity contribution in [2.75, 3.05) is 4.90 Å². The van der Waals surface area contributed by atoms with Crippen LogP contribution in [0.5, 0.6) is 0 Å². The van der Waals surface area contributed by atoms with Crippen LogP contribution in [0.2, 0.25) is 0 Å². The second kappa shape index (κ2) is 6.27. The normalized spacial score (nSPS) is 12.8. The van der Waals surface area contributed by atoms with Crippen LogP contribution in [0.4, 0.5) is 39.0 Å². The molecule has 0 radical (unpaired) electrons. The van der Waals surface area contributed by atoms with Gasteiger partial charge in [-0.15, -0.1) is 0 Å². The van der Waals surface area contributed by atoms with E-state index in [-0.39, 0.29) is 0 Å². The minimum Gasteiger partial charge on any atom is -0.303 e. The predicted octanol–water partition coefficient (Wildman–Crippen LogP) is 6.93. The summed E-state index contributed by atoms with van der Waals surface area (Å²) in [6.07, 6.45) is 0. The quantitative estimate of drug-likeness (QED) is 0.196. The Morgan fingerprint density at radius 3 is 1.48 bits per heavy atom. The summed E-state index contributed by atoms with van der Waals surface area (Å²) in [6, 6.07) is 10.3. The van der Waals surface area contributed by atoms with E-state index < -0.39 is 34.8 Å². The van der Waals surface area contributed by atoms with Gasteiger partial charge in [0.05, 0.1) is 11.4 Å². The maximum atomic E-state index is 14.6. The van der Waals surface area contributed by atoms with Crippen LogP contribution in [0.25, 0.3) is 0 Å². The lowest BCUT2D eigenvalue weighted by Crippen LogP contribution is -2.20. The monoisotopic (exact) mass is 393 g/mol. The van der Waals surface area contributed by atoms with Gasteiger partial charge in [-0.2, -0.15) is 0 Å². The average molecular weight is 393 g/mol. The van der Waals surface area contributed by atoms with Crippen LogP contribution in [0.15, 0.2) is 46.2 Å². The van der Waals surface area contributed by atoms with E-state index in [4.69, 9.17) is 0 Å². The van der Waals surface area contributed by atoms with Gasteiger partial charge in [0.15, 0.2) is 23.3 Å². The van der Waals surface area contributed by atoms with E-state index in [2.05, 4.69) is 0 Å². The Hall–Kier alpha value is -2.54. The van der Waals surface area contributed by atoms with Crippen molar-refractivity contribution >= 4 is 28.8 Å². The first-order chi connectivity index (χ1) is 12.8. The Morgan fingerprint density at radius 2 is 1.04 bits per heavy atom. The lowest BCUT2D eigenvalue weighted by Gasteiger charge is -2.33. The molecule has 1 aliphatic rings. The third-order valence-electron chi connectivity index (χ3n) is 4.34. The summed E-state index contributed by atoms with van der Waals surface area (Å²) in [5.41, 5.74) is 1.54. The van der Waals surface area contributed by atoms with Crippen molar-refractivity contribution < 1.29 is 22.0 Å². The fraction of sp³-hybridized carbons (Fsp3) is 0.100. The number of rotatable bonds is 1. The molecule has 0 unspecified atom stereocenters. The van der Waals surface area contributed by atoms with E-state index in [0.29, 0.717) is 21.2 Å². The number of anilines is 3. The molecular formula is C20H12F5NS. The number of hydrogen-bond acceptors (Lipinski definition) is 2. The molecule has 0 amide bonds. The Morgan fingerprint density at radius 1 is 0.630 bits per heavy atom. The summed E-state index contributed by atoms with van der Waals surface area (Å²) >= 11 is 1.38. The Kier molecular flexibility index (Phi) is 4.14. The van der Waals surface area contributed by atoms with Gasteiger partial charge in [0.25, 0.3) is 0 Å². The van der Waals surface area contributed by atoms with E-state index in [0.717, 1.165) is 16.0 Å². The van der Waals surface area contributed by atoms with E-state index in [1.165, 1.54) is 11.8 Å². The zero-order chi connectivity index (χ0) is 19.5. The number of fused-ring (bicyclic) bond motifs is 2. The molecule has 27 heavy (non-hydrogen) atoms. The first kappa shape index (κ1) is 17.9. The van der Waals surface area contributed by atoms with Crippen molar-refractivity contribution in [2.24, 2.45) is 0 Å². The molecule has 1 nitrogen and oxygen atoms in total. The molecule has 0 fully saturated rings. The summed E-state index contributed by atoms with van der Waals surface area (Å²) in [5, 5.41) is 0. The molecule has 0 spiro atoms. The molecule has 3 aromatic rings. The number of halogens is 5. The highest BCUT2D eigenvalue weighted by atomic mass is 32.2. The highest BCUT2D eigenvalue weighted by Gasteiger charge is 2.34. The maximum Gasteiger partial charge on any atom is 0.200 e. The maximum absolute atomic E-state index is 14.6. The zero-order valence-electron chi connectivity index (χ0n) is 14.2. The predicted molar refractivity (Wildman–Crippen MR) is 94.5 cm³/mol. The van der Waals surface area contributed by atoms with E-state index >= 15 is 0 Å². The van der Waals surface area contributed by atoms with Gasteiger partial charge in [0.2, 0.25) is 5.82 Å². The van der Waals surface area contributed by atoms with Crippen LogP contribution in [-0.4, -0.2) is 0 Å². The fourth-order valence-corrected chi connectivity index (χ4v) is 4.31. The SMILES string of the molecule is Cc1ccc2c(c1)Sc1cc(C)ccc1N2c1c(F)c(F)c(F)c(F)c1F. The third-order valence-corrected chi connectivity index (χ3v) is 5.44. The van der Waals surface area contributed by atoms with Crippen LogP contribution in [0.1, 0.15) is 11.1 Å². The molecule has 0 aromatic heterocycles. The highest BCUT2D eigenvalue weighted by molar-refractivity contribution is 7.99. The van der Waals surface area contributed by atoms with Crippen LogP contribution in [-0.2, 0) is 0 Å². The summed E-state index contributed by atoms with van der Waals surface area (Å²) in [5.74, 6) is -9.84. The summed E-state index contributed by atoms with van der Waals surface area (Å²) in [4.78, 5) is 2.42. The van der Waals surface area contributed by atoms with Gasteiger partial charge in [-0.1, -0.05) is 23.9 Å². The molecule has 138 valence electrons. The fourth-order valence-electron chi connectivity index (χ4n) is 3.05. The van der Waals surface area contributed by atoms with Crippen LogP contribution < -0.4 is 4.90 Å². The van der Waals surface area contributed by atoms with Gasteiger partial charge in [-0.25, -0.2) is 22.0 Å². The van der Waals surface area contributed by atoms with Gasteiger partial charge >= 0.3 is 0 Å². The molecule has 3 aromatic carbocycles. The van der Waals surface area contributed by atoms with Gasteiger partial charge in [0.1, 0.15) is 5.69 Å². The van der Waals surface area contributed by atoms with E-state index in [9.17, 15) is 22.0 Å². The molecule has 0 bridgehead atoms. The molecule has 0 saturated heterocycles. The Labute approximate surface area is 156 Å². The van der Waals surface area contributed by atoms with Gasteiger partial charge in [-0.05, 0) is 49.2 Å². The summed E-state index contributed by atoms with van der Waals surface area (Å²) in [6.45, 7) is 3.71. The van der Waals surface area contributed by atoms with Gasteiger partial charge in [0, 0.05) is 9.79 Å². The smallest absolute Gasteiger partial charge is 0.200 e. The van der Waals surface area contributed by atoms with E-state index in [1.54, 1.807) is 24.3 Å². The standard InChI is InChI=1S/C20H12F5NS/c1-9-3-5-11-13(7-9)27-14-8-10(2)4-6-12(14)26(11)20-18(24)16(22)15(21)17(23)19(20)25/h3-8H,1-2H3. The molecule has 1 aliphatic heterocycles. The second-order valence-corrected chi connectivity index (χ2v) is 7.38. The number of benzene rings is 3. The van der Waals surface area contributed by atoms with Crippen molar-refractivity contribution in [1.82, 2.24) is 0 Å². The van der Waals surface area contributed by atoms with Gasteiger partial charge in [-0.3, -0.25) is 0 Å². The van der Waals surface area contributed by atoms with Crippen molar-refractivity contribution in [3.05, 3.63) is 76.6 Å². The molecule has 4 rings (SSSR count). The van der Waals surface area contributed by atoms with E-state index in [1.807, 2.05) is 26.0 Å². The molecule has 0 aliphatic carbocycles. The zero-order valence-corrected chi connectivity index (χ0v) is 15.0. The average Bonchev–Trinajstić information content (AvgIpc) is 2.64. The molecule has 0 N–H and O–H groups in total. The third kappa shape index (κ3) is 2.68. The Bertz CT molecular complexity index is 1020.